The normalized spacial score (nSPS) is 32.0. The molecule has 0 bridgehead atoms. The first-order valence-electron chi connectivity index (χ1n) is 14.0. The number of carbonyl (C=O) groups is 3. The Morgan fingerprint density at radius 3 is 2.37 bits per heavy atom. The van der Waals surface area contributed by atoms with Crippen LogP contribution in [-0.4, -0.2) is 68.9 Å². The Morgan fingerprint density at radius 1 is 1.12 bits per heavy atom. The summed E-state index contributed by atoms with van der Waals surface area (Å²) in [5.74, 6) is -4.84. The van der Waals surface area contributed by atoms with Crippen molar-refractivity contribution in [3.8, 4) is 11.8 Å². The molecule has 4 aliphatic carbocycles. The van der Waals surface area contributed by atoms with Crippen LogP contribution in [0, 0.1) is 22.7 Å². The quantitative estimate of drug-likeness (QED) is 0.283. The van der Waals surface area contributed by atoms with E-state index in [1.807, 2.05) is 0 Å². The molecule has 0 heterocycles. The molecule has 218 valence electrons. The average molecular weight is 564 g/mol. The van der Waals surface area contributed by atoms with Gasteiger partial charge >= 0.3 is 0 Å². The lowest BCUT2D eigenvalue weighted by molar-refractivity contribution is -0.139. The summed E-state index contributed by atoms with van der Waals surface area (Å²) < 4.78 is 0. The van der Waals surface area contributed by atoms with Crippen LogP contribution in [0.25, 0.3) is 5.76 Å². The zero-order chi connectivity index (χ0) is 30.1. The van der Waals surface area contributed by atoms with Gasteiger partial charge in [-0.05, 0) is 62.9 Å². The molecule has 41 heavy (non-hydrogen) atoms. The fourth-order valence-corrected chi connectivity index (χ4v) is 7.96. The molecule has 4 atom stereocenters. The van der Waals surface area contributed by atoms with Gasteiger partial charge in [0, 0.05) is 0 Å². The van der Waals surface area contributed by atoms with Gasteiger partial charge in [-0.25, -0.2) is 0 Å². The van der Waals surface area contributed by atoms with E-state index >= 15 is 0 Å². The molecule has 11 heteroatoms. The predicted molar refractivity (Wildman–Crippen MR) is 149 cm³/mol. The number of fused-ring (bicyclic) bond motifs is 3. The van der Waals surface area contributed by atoms with E-state index in [0.717, 1.165) is 24.8 Å². The highest BCUT2D eigenvalue weighted by molar-refractivity contribution is 6.25. The van der Waals surface area contributed by atoms with Gasteiger partial charge in [0.05, 0.1) is 34.3 Å². The van der Waals surface area contributed by atoms with Gasteiger partial charge in [0.1, 0.15) is 22.8 Å². The molecule has 4 aliphatic rings. The minimum atomic E-state index is -2.65. The van der Waals surface area contributed by atoms with Crippen LogP contribution in [0.3, 0.4) is 0 Å². The van der Waals surface area contributed by atoms with Crippen LogP contribution in [0.5, 0.6) is 5.75 Å². The number of primary amides is 1. The van der Waals surface area contributed by atoms with Gasteiger partial charge in [-0.15, -0.1) is 0 Å². The lowest BCUT2D eigenvalue weighted by atomic mass is 9.47. The molecule has 0 aliphatic heterocycles. The number of phenolic OH excluding ortho intramolecular Hbond substituents is 1. The van der Waals surface area contributed by atoms with E-state index in [1.54, 1.807) is 12.1 Å². The number of nitrogens with two attached hydrogens (primary N) is 3. The van der Waals surface area contributed by atoms with Crippen molar-refractivity contribution >= 4 is 23.2 Å². The summed E-state index contributed by atoms with van der Waals surface area (Å²) in [5, 5.41) is 44.2. The molecular weight excluding hydrogens is 526 g/mol. The van der Waals surface area contributed by atoms with E-state index in [-0.39, 0.29) is 24.2 Å². The second kappa shape index (κ2) is 9.69. The molecule has 0 spiro atoms. The van der Waals surface area contributed by atoms with E-state index < -0.39 is 62.7 Å². The number of Topliss-reactive ketones (excluding diaryl/α,β-unsaturated/α-hetero) is 2. The summed E-state index contributed by atoms with van der Waals surface area (Å²) >= 11 is 0. The highest BCUT2D eigenvalue weighted by Crippen LogP contribution is 2.58. The summed E-state index contributed by atoms with van der Waals surface area (Å²) in [6.07, 6.45) is 7.16. The number of aromatic hydroxyl groups is 1. The number of aliphatic hydroxyl groups is 2. The highest BCUT2D eigenvalue weighted by atomic mass is 16.3. The smallest absolute Gasteiger partial charge is 0.255 e. The third kappa shape index (κ3) is 3.85. The van der Waals surface area contributed by atoms with E-state index in [2.05, 4.69) is 0 Å². The first-order valence-corrected chi connectivity index (χ1v) is 14.0. The lowest BCUT2D eigenvalue weighted by Gasteiger charge is -2.58. The molecular formula is C30H37N5O6. The van der Waals surface area contributed by atoms with Crippen LogP contribution >= 0.6 is 0 Å². The molecule has 9 N–H and O–H groups in total. The third-order valence-corrected chi connectivity index (χ3v) is 9.78. The minimum absolute atomic E-state index is 0.0101. The van der Waals surface area contributed by atoms with Gasteiger partial charge in [0.15, 0.2) is 17.0 Å². The molecule has 11 nitrogen and oxygen atoms in total. The summed E-state index contributed by atoms with van der Waals surface area (Å²) in [6.45, 7) is 0. The number of benzene rings is 1. The van der Waals surface area contributed by atoms with Gasteiger partial charge in [0.2, 0.25) is 0 Å². The van der Waals surface area contributed by atoms with Gasteiger partial charge in [-0.1, -0.05) is 38.2 Å². The first kappa shape index (κ1) is 28.8. The number of aliphatic hydroxyl groups excluding tert-OH is 2. The fourth-order valence-electron chi connectivity index (χ4n) is 7.96. The van der Waals surface area contributed by atoms with Crippen molar-refractivity contribution in [1.29, 1.82) is 5.26 Å². The molecule has 0 radical (unpaired) electrons. The summed E-state index contributed by atoms with van der Waals surface area (Å²) in [6, 6.07) is 3.62. The summed E-state index contributed by atoms with van der Waals surface area (Å²) in [5.41, 5.74) is 13.0. The summed E-state index contributed by atoms with van der Waals surface area (Å²) in [7, 11) is 2.99. The zero-order valence-corrected chi connectivity index (χ0v) is 23.4. The van der Waals surface area contributed by atoms with Crippen molar-refractivity contribution in [2.75, 3.05) is 14.1 Å². The van der Waals surface area contributed by atoms with Crippen LogP contribution in [0.1, 0.15) is 61.6 Å². The lowest BCUT2D eigenvalue weighted by Crippen LogP contribution is -2.80. The number of phenols is 1. The third-order valence-electron chi connectivity index (χ3n) is 9.78. The number of rotatable bonds is 5. The van der Waals surface area contributed by atoms with Crippen molar-refractivity contribution in [1.82, 2.24) is 4.90 Å². The monoisotopic (exact) mass is 563 g/mol. The maximum absolute atomic E-state index is 14.4. The molecule has 0 aromatic heterocycles. The standard InChI is InChI=1S/C30H37N5O6/c1-35(2)24-23(38)20(27(32)41)25(39)29(14-31)26(40)21-22(37)19-17(12-28(21,33)13-30(24,29)34)16(10-11-18(19)36)9-8-15-6-4-3-5-7-15/h10-11,15,24,36-37,39H,3-9,12-13,33-34H2,1-2H3,(H2,32,41)/t24-,28-,29+,30-/m1/s1. The number of hydrogen-bond donors (Lipinski definition) is 6. The maximum atomic E-state index is 14.4. The van der Waals surface area contributed by atoms with Crippen molar-refractivity contribution in [2.45, 2.75) is 74.9 Å². The summed E-state index contributed by atoms with van der Waals surface area (Å²) in [4.78, 5) is 41.6. The molecule has 5 rings (SSSR count). The number of ketones is 2. The van der Waals surface area contributed by atoms with Gasteiger partial charge in [-0.2, -0.15) is 5.26 Å². The molecule has 1 amide bonds. The molecule has 1 aromatic rings. The van der Waals surface area contributed by atoms with E-state index in [4.69, 9.17) is 17.2 Å². The van der Waals surface area contributed by atoms with Crippen molar-refractivity contribution < 1.29 is 29.7 Å². The Balaban J connectivity index is 1.72. The van der Waals surface area contributed by atoms with Crippen LogP contribution in [-0.2, 0) is 27.2 Å². The van der Waals surface area contributed by atoms with Crippen molar-refractivity contribution in [2.24, 2.45) is 28.5 Å². The number of nitriles is 1. The second-order valence-corrected chi connectivity index (χ2v) is 12.4. The fraction of sp³-hybridized carbons (Fsp3) is 0.533. The molecule has 2 fully saturated rings. The number of amides is 1. The average Bonchev–Trinajstić information content (AvgIpc) is 2.87. The Hall–Kier alpha value is -3.72. The highest BCUT2D eigenvalue weighted by Gasteiger charge is 2.74. The number of hydrogen-bond acceptors (Lipinski definition) is 10. The SMILES string of the molecule is CN(C)[C@@H]1C(=O)C(C(N)=O)=C(O)[C@@]2(C#N)C(=O)C3=C(O)c4c(O)ccc(CCC5CCCCC5)c4C[C@@]3(N)C[C@@]12N. The van der Waals surface area contributed by atoms with Crippen molar-refractivity contribution in [3.05, 3.63) is 45.7 Å². The Bertz CT molecular complexity index is 1470. The maximum Gasteiger partial charge on any atom is 0.255 e. The van der Waals surface area contributed by atoms with Crippen LogP contribution in [0.15, 0.2) is 29.0 Å². The zero-order valence-electron chi connectivity index (χ0n) is 23.4. The van der Waals surface area contributed by atoms with E-state index in [1.165, 1.54) is 44.3 Å². The van der Waals surface area contributed by atoms with Gasteiger partial charge < -0.3 is 32.5 Å². The van der Waals surface area contributed by atoms with Crippen molar-refractivity contribution in [3.63, 3.8) is 0 Å². The Labute approximate surface area is 238 Å². The van der Waals surface area contributed by atoms with E-state index in [0.29, 0.717) is 17.9 Å². The topological polar surface area (TPSA) is 217 Å². The first-order chi connectivity index (χ1) is 19.2. The molecule has 0 unspecified atom stereocenters. The molecule has 0 saturated heterocycles. The molecule has 2 saturated carbocycles. The van der Waals surface area contributed by atoms with Gasteiger partial charge in [-0.3, -0.25) is 19.3 Å². The number of carbonyl (C=O) groups excluding carboxylic acids is 3. The Morgan fingerprint density at radius 2 is 1.78 bits per heavy atom. The van der Waals surface area contributed by atoms with Crippen LogP contribution in [0.2, 0.25) is 0 Å². The number of likely N-dealkylation sites (N-methyl/N-ethyl adjacent to an activating group) is 1. The number of aryl methyl sites for hydroxylation is 1. The second-order valence-electron chi connectivity index (χ2n) is 12.4. The largest absolute Gasteiger partial charge is 0.509 e. The van der Waals surface area contributed by atoms with Gasteiger partial charge in [0.25, 0.3) is 5.91 Å². The predicted octanol–water partition coefficient (Wildman–Crippen LogP) is 1.42. The number of nitrogens with zero attached hydrogens (tertiary/aromatic N) is 2. The minimum Gasteiger partial charge on any atom is -0.509 e. The molecule has 1 aromatic carbocycles. The van der Waals surface area contributed by atoms with Crippen LogP contribution < -0.4 is 17.2 Å². The van der Waals surface area contributed by atoms with E-state index in [9.17, 15) is 35.0 Å². The Kier molecular flexibility index (Phi) is 6.80. The van der Waals surface area contributed by atoms with Crippen LogP contribution in [0.4, 0.5) is 0 Å².